The summed E-state index contributed by atoms with van der Waals surface area (Å²) >= 11 is 3.48. The second-order valence-corrected chi connectivity index (χ2v) is 5.64. The molecule has 1 aliphatic heterocycles. The molecule has 1 aromatic rings. The van der Waals surface area contributed by atoms with Crippen LogP contribution in [0.3, 0.4) is 0 Å². The molecule has 0 radical (unpaired) electrons. The molecular formula is C14H20BrNO2. The number of aliphatic hydroxyl groups is 1. The van der Waals surface area contributed by atoms with Gasteiger partial charge in [-0.1, -0.05) is 34.1 Å². The van der Waals surface area contributed by atoms with Crippen LogP contribution in [0.1, 0.15) is 25.0 Å². The molecule has 1 aromatic carbocycles. The molecule has 1 aliphatic rings. The van der Waals surface area contributed by atoms with Gasteiger partial charge in [0.2, 0.25) is 0 Å². The van der Waals surface area contributed by atoms with Crippen molar-refractivity contribution in [2.75, 3.05) is 26.3 Å². The average Bonchev–Trinajstić information content (AvgIpc) is 2.38. The fraction of sp³-hybridized carbons (Fsp3) is 0.571. The van der Waals surface area contributed by atoms with Gasteiger partial charge in [0.15, 0.2) is 0 Å². The number of hydrogen-bond donors (Lipinski definition) is 1. The van der Waals surface area contributed by atoms with Crippen LogP contribution in [0.5, 0.6) is 0 Å². The van der Waals surface area contributed by atoms with Crippen LogP contribution in [-0.4, -0.2) is 42.4 Å². The molecule has 1 fully saturated rings. The Bertz CT molecular complexity index is 386. The van der Waals surface area contributed by atoms with Crippen molar-refractivity contribution in [3.63, 3.8) is 0 Å². The standard InChI is InChI=1S/C14H20BrNO2/c1-11-10-18-9-8-16(11)7-6-14(17)12-4-2-3-5-13(12)15/h2-5,11,14,17H,6-10H2,1H3. The molecule has 2 rings (SSSR count). The smallest absolute Gasteiger partial charge is 0.0813 e. The summed E-state index contributed by atoms with van der Waals surface area (Å²) in [5.74, 6) is 0. The molecule has 1 N–H and O–H groups in total. The number of benzene rings is 1. The average molecular weight is 314 g/mol. The van der Waals surface area contributed by atoms with Gasteiger partial charge in [-0.05, 0) is 25.0 Å². The van der Waals surface area contributed by atoms with Crippen molar-refractivity contribution in [1.29, 1.82) is 0 Å². The van der Waals surface area contributed by atoms with E-state index < -0.39 is 6.10 Å². The minimum absolute atomic E-state index is 0.407. The van der Waals surface area contributed by atoms with Crippen LogP contribution in [0.15, 0.2) is 28.7 Å². The van der Waals surface area contributed by atoms with E-state index >= 15 is 0 Å². The Morgan fingerprint density at radius 1 is 1.50 bits per heavy atom. The van der Waals surface area contributed by atoms with Crippen molar-refractivity contribution >= 4 is 15.9 Å². The molecule has 18 heavy (non-hydrogen) atoms. The van der Waals surface area contributed by atoms with Crippen molar-refractivity contribution < 1.29 is 9.84 Å². The zero-order chi connectivity index (χ0) is 13.0. The monoisotopic (exact) mass is 313 g/mol. The third kappa shape index (κ3) is 3.54. The van der Waals surface area contributed by atoms with Gasteiger partial charge in [-0.15, -0.1) is 0 Å². The number of hydrogen-bond acceptors (Lipinski definition) is 3. The van der Waals surface area contributed by atoms with Crippen molar-refractivity contribution in [2.45, 2.75) is 25.5 Å². The molecule has 1 saturated heterocycles. The Labute approximate surface area is 117 Å². The lowest BCUT2D eigenvalue weighted by Crippen LogP contribution is -2.44. The molecule has 2 atom stereocenters. The van der Waals surface area contributed by atoms with Crippen LogP contribution in [0.4, 0.5) is 0 Å². The second kappa shape index (κ2) is 6.66. The molecule has 1 heterocycles. The third-order valence-electron chi connectivity index (χ3n) is 3.46. The van der Waals surface area contributed by atoms with E-state index in [0.717, 1.165) is 42.8 Å². The predicted octanol–water partition coefficient (Wildman–Crippen LogP) is 2.59. The van der Waals surface area contributed by atoms with E-state index in [-0.39, 0.29) is 0 Å². The maximum Gasteiger partial charge on any atom is 0.0813 e. The van der Waals surface area contributed by atoms with Gasteiger partial charge in [-0.25, -0.2) is 0 Å². The van der Waals surface area contributed by atoms with E-state index in [1.54, 1.807) is 0 Å². The first-order valence-electron chi connectivity index (χ1n) is 6.43. The van der Waals surface area contributed by atoms with E-state index in [4.69, 9.17) is 4.74 Å². The SMILES string of the molecule is CC1COCCN1CCC(O)c1ccccc1Br. The van der Waals surface area contributed by atoms with Crippen molar-refractivity contribution in [3.05, 3.63) is 34.3 Å². The summed E-state index contributed by atoms with van der Waals surface area (Å²) in [7, 11) is 0. The molecule has 4 heteroatoms. The van der Waals surface area contributed by atoms with Crippen LogP contribution in [0, 0.1) is 0 Å². The van der Waals surface area contributed by atoms with Crippen molar-refractivity contribution in [2.24, 2.45) is 0 Å². The maximum absolute atomic E-state index is 10.2. The quantitative estimate of drug-likeness (QED) is 0.927. The van der Waals surface area contributed by atoms with Crippen molar-refractivity contribution in [3.8, 4) is 0 Å². The number of nitrogens with zero attached hydrogens (tertiary/aromatic N) is 1. The Morgan fingerprint density at radius 3 is 3.00 bits per heavy atom. The van der Waals surface area contributed by atoms with Gasteiger partial charge < -0.3 is 9.84 Å². The van der Waals surface area contributed by atoms with Crippen LogP contribution < -0.4 is 0 Å². The minimum atomic E-state index is -0.407. The first kappa shape index (κ1) is 14.0. The van der Waals surface area contributed by atoms with Crippen LogP contribution in [0.2, 0.25) is 0 Å². The molecule has 0 aromatic heterocycles. The zero-order valence-electron chi connectivity index (χ0n) is 10.7. The fourth-order valence-electron chi connectivity index (χ4n) is 2.28. The Balaban J connectivity index is 1.88. The second-order valence-electron chi connectivity index (χ2n) is 4.79. The lowest BCUT2D eigenvalue weighted by Gasteiger charge is -2.33. The van der Waals surface area contributed by atoms with Crippen LogP contribution in [-0.2, 0) is 4.74 Å². The van der Waals surface area contributed by atoms with E-state index in [1.165, 1.54) is 0 Å². The normalized spacial score (nSPS) is 22.9. The summed E-state index contributed by atoms with van der Waals surface area (Å²) in [5, 5.41) is 10.2. The topological polar surface area (TPSA) is 32.7 Å². The van der Waals surface area contributed by atoms with Crippen LogP contribution >= 0.6 is 15.9 Å². The van der Waals surface area contributed by atoms with Crippen LogP contribution in [0.25, 0.3) is 0 Å². The maximum atomic E-state index is 10.2. The summed E-state index contributed by atoms with van der Waals surface area (Å²) in [6.45, 7) is 5.64. The first-order valence-corrected chi connectivity index (χ1v) is 7.22. The number of halogens is 1. The highest BCUT2D eigenvalue weighted by molar-refractivity contribution is 9.10. The summed E-state index contributed by atoms with van der Waals surface area (Å²) < 4.78 is 6.39. The summed E-state index contributed by atoms with van der Waals surface area (Å²) in [6.07, 6.45) is 0.350. The number of ether oxygens (including phenoxy) is 1. The number of rotatable bonds is 4. The highest BCUT2D eigenvalue weighted by Gasteiger charge is 2.20. The van der Waals surface area contributed by atoms with Gasteiger partial charge in [-0.3, -0.25) is 4.90 Å². The van der Waals surface area contributed by atoms with Gasteiger partial charge in [0.1, 0.15) is 0 Å². The van der Waals surface area contributed by atoms with Gasteiger partial charge >= 0.3 is 0 Å². The highest BCUT2D eigenvalue weighted by Crippen LogP contribution is 2.25. The molecule has 100 valence electrons. The van der Waals surface area contributed by atoms with Crippen molar-refractivity contribution in [1.82, 2.24) is 4.90 Å². The molecule has 0 bridgehead atoms. The Hall–Kier alpha value is -0.420. The molecule has 3 nitrogen and oxygen atoms in total. The van der Waals surface area contributed by atoms with E-state index in [9.17, 15) is 5.11 Å². The predicted molar refractivity (Wildman–Crippen MR) is 75.6 cm³/mol. The van der Waals surface area contributed by atoms with Gasteiger partial charge in [0, 0.05) is 23.6 Å². The molecule has 0 spiro atoms. The largest absolute Gasteiger partial charge is 0.388 e. The van der Waals surface area contributed by atoms with Gasteiger partial charge in [0.05, 0.1) is 19.3 Å². The number of morpholine rings is 1. The molecule has 0 amide bonds. The summed E-state index contributed by atoms with van der Waals surface area (Å²) in [5.41, 5.74) is 0.971. The lowest BCUT2D eigenvalue weighted by atomic mass is 10.1. The molecular weight excluding hydrogens is 294 g/mol. The van der Waals surface area contributed by atoms with Gasteiger partial charge in [-0.2, -0.15) is 0 Å². The number of aliphatic hydroxyl groups excluding tert-OH is 1. The fourth-order valence-corrected chi connectivity index (χ4v) is 2.83. The zero-order valence-corrected chi connectivity index (χ0v) is 12.3. The van der Waals surface area contributed by atoms with Gasteiger partial charge in [0.25, 0.3) is 0 Å². The molecule has 0 saturated carbocycles. The lowest BCUT2D eigenvalue weighted by molar-refractivity contribution is -0.00642. The Kier molecular flexibility index (Phi) is 5.18. The van der Waals surface area contributed by atoms with E-state index in [2.05, 4.69) is 27.8 Å². The third-order valence-corrected chi connectivity index (χ3v) is 4.18. The summed E-state index contributed by atoms with van der Waals surface area (Å²) in [6, 6.07) is 8.31. The Morgan fingerprint density at radius 2 is 2.28 bits per heavy atom. The summed E-state index contributed by atoms with van der Waals surface area (Å²) in [4.78, 5) is 2.38. The molecule has 2 unspecified atom stereocenters. The molecule has 0 aliphatic carbocycles. The van der Waals surface area contributed by atoms with E-state index in [0.29, 0.717) is 6.04 Å². The minimum Gasteiger partial charge on any atom is -0.388 e. The first-order chi connectivity index (χ1) is 8.68. The van der Waals surface area contributed by atoms with E-state index in [1.807, 2.05) is 24.3 Å². The highest BCUT2D eigenvalue weighted by atomic mass is 79.9.